The van der Waals surface area contributed by atoms with Crippen LogP contribution in [0.2, 0.25) is 5.02 Å². The molecule has 11 heteroatoms. The van der Waals surface area contributed by atoms with E-state index in [1.807, 2.05) is 37.6 Å². The third kappa shape index (κ3) is 4.54. The minimum Gasteiger partial charge on any atom is -0.353 e. The van der Waals surface area contributed by atoms with Crippen LogP contribution in [0.25, 0.3) is 0 Å². The Morgan fingerprint density at radius 2 is 1.87 bits per heavy atom. The van der Waals surface area contributed by atoms with Gasteiger partial charge in [0, 0.05) is 39.4 Å². The van der Waals surface area contributed by atoms with E-state index in [2.05, 4.69) is 15.4 Å². The van der Waals surface area contributed by atoms with Gasteiger partial charge in [0.25, 0.3) is 0 Å². The summed E-state index contributed by atoms with van der Waals surface area (Å²) in [4.78, 5) is 20.5. The number of anilines is 2. The Hall–Kier alpha value is -2.33. The predicted molar refractivity (Wildman–Crippen MR) is 109 cm³/mol. The largest absolute Gasteiger partial charge is 0.417 e. The van der Waals surface area contributed by atoms with Gasteiger partial charge in [-0.05, 0) is 26.8 Å². The molecule has 0 radical (unpaired) electrons. The summed E-state index contributed by atoms with van der Waals surface area (Å²) in [6.45, 7) is 7.67. The SMILES string of the molecule is Cc1nn(C)c(C)c1NC(=O)C(C)N1CCN(c2ncc(C(F)(F)F)cc2Cl)CC1. The monoisotopic (exact) mass is 444 g/mol. The number of alkyl halides is 3. The lowest BCUT2D eigenvalue weighted by Gasteiger charge is -2.38. The zero-order chi connectivity index (χ0) is 22.2. The summed E-state index contributed by atoms with van der Waals surface area (Å²) in [5.41, 5.74) is 1.47. The van der Waals surface area contributed by atoms with E-state index in [-0.39, 0.29) is 17.0 Å². The van der Waals surface area contributed by atoms with E-state index in [1.165, 1.54) is 0 Å². The van der Waals surface area contributed by atoms with Gasteiger partial charge in [-0.1, -0.05) is 11.6 Å². The van der Waals surface area contributed by atoms with E-state index in [4.69, 9.17) is 11.6 Å². The van der Waals surface area contributed by atoms with Crippen molar-refractivity contribution in [2.45, 2.75) is 33.0 Å². The van der Waals surface area contributed by atoms with Crippen molar-refractivity contribution in [3.05, 3.63) is 34.2 Å². The summed E-state index contributed by atoms with van der Waals surface area (Å²) in [6, 6.07) is 0.521. The molecule has 2 aromatic heterocycles. The smallest absolute Gasteiger partial charge is 0.353 e. The fourth-order valence-corrected chi connectivity index (χ4v) is 3.77. The van der Waals surface area contributed by atoms with Crippen LogP contribution in [0.4, 0.5) is 24.7 Å². The number of carbonyl (C=O) groups excluding carboxylic acids is 1. The van der Waals surface area contributed by atoms with Crippen LogP contribution in [0, 0.1) is 13.8 Å². The minimum absolute atomic E-state index is 0.0356. The maximum atomic E-state index is 12.8. The summed E-state index contributed by atoms with van der Waals surface area (Å²) in [7, 11) is 1.82. The van der Waals surface area contributed by atoms with Gasteiger partial charge in [-0.25, -0.2) is 4.98 Å². The molecule has 1 unspecified atom stereocenters. The zero-order valence-corrected chi connectivity index (χ0v) is 18.0. The summed E-state index contributed by atoms with van der Waals surface area (Å²) in [6.07, 6.45) is -3.69. The fraction of sp³-hybridized carbons (Fsp3) is 0.526. The number of hydrogen-bond donors (Lipinski definition) is 1. The van der Waals surface area contributed by atoms with Crippen LogP contribution >= 0.6 is 11.6 Å². The summed E-state index contributed by atoms with van der Waals surface area (Å²) in [5, 5.41) is 7.22. The number of nitrogens with zero attached hydrogens (tertiary/aromatic N) is 5. The van der Waals surface area contributed by atoms with E-state index in [0.717, 1.165) is 23.7 Å². The van der Waals surface area contributed by atoms with Crippen molar-refractivity contribution >= 4 is 29.0 Å². The van der Waals surface area contributed by atoms with Crippen LogP contribution in [-0.2, 0) is 18.0 Å². The van der Waals surface area contributed by atoms with Gasteiger partial charge >= 0.3 is 6.18 Å². The number of carbonyl (C=O) groups is 1. The molecule has 0 aliphatic carbocycles. The molecule has 1 fully saturated rings. The number of amides is 1. The van der Waals surface area contributed by atoms with Gasteiger partial charge in [-0.2, -0.15) is 18.3 Å². The average Bonchev–Trinajstić information content (AvgIpc) is 2.92. The molecule has 0 spiro atoms. The van der Waals surface area contributed by atoms with Crippen LogP contribution in [-0.4, -0.2) is 57.8 Å². The molecule has 0 aromatic carbocycles. The third-order valence-electron chi connectivity index (χ3n) is 5.45. The Morgan fingerprint density at radius 3 is 2.37 bits per heavy atom. The van der Waals surface area contributed by atoms with Crippen LogP contribution < -0.4 is 10.2 Å². The lowest BCUT2D eigenvalue weighted by molar-refractivity contribution is -0.137. The summed E-state index contributed by atoms with van der Waals surface area (Å²) >= 11 is 6.05. The first-order valence-electron chi connectivity index (χ1n) is 9.52. The maximum Gasteiger partial charge on any atom is 0.417 e. The highest BCUT2D eigenvalue weighted by Gasteiger charge is 2.33. The molecular formula is C19H24ClF3N6O. The quantitative estimate of drug-likeness (QED) is 0.784. The molecule has 0 saturated carbocycles. The Labute approximate surface area is 177 Å². The second kappa shape index (κ2) is 8.43. The molecule has 1 amide bonds. The number of aryl methyl sites for hydroxylation is 2. The minimum atomic E-state index is -4.48. The number of aromatic nitrogens is 3. The Balaban J connectivity index is 1.61. The van der Waals surface area contributed by atoms with Crippen molar-refractivity contribution in [2.24, 2.45) is 7.05 Å². The van der Waals surface area contributed by atoms with Gasteiger partial charge < -0.3 is 10.2 Å². The Bertz CT molecular complexity index is 937. The molecule has 0 bridgehead atoms. The highest BCUT2D eigenvalue weighted by atomic mass is 35.5. The van der Waals surface area contributed by atoms with Gasteiger partial charge in [0.05, 0.1) is 33.7 Å². The van der Waals surface area contributed by atoms with Crippen molar-refractivity contribution in [3.8, 4) is 0 Å². The van der Waals surface area contributed by atoms with Gasteiger partial charge in [-0.15, -0.1) is 0 Å². The molecule has 1 aliphatic heterocycles. The number of halogens is 4. The van der Waals surface area contributed by atoms with Crippen molar-refractivity contribution in [3.63, 3.8) is 0 Å². The first-order chi connectivity index (χ1) is 14.0. The maximum absolute atomic E-state index is 12.8. The van der Waals surface area contributed by atoms with Crippen LogP contribution in [0.15, 0.2) is 12.3 Å². The standard InChI is InChI=1S/C19H24ClF3N6O/c1-11-16(12(2)27(4)26-11)25-18(30)13(3)28-5-7-29(8-6-28)17-15(20)9-14(10-24-17)19(21,22)23/h9-10,13H,5-8H2,1-4H3,(H,25,30). The number of pyridine rings is 1. The number of rotatable bonds is 4. The fourth-order valence-electron chi connectivity index (χ4n) is 3.49. The van der Waals surface area contributed by atoms with E-state index in [0.29, 0.717) is 37.7 Å². The predicted octanol–water partition coefficient (Wildman–Crippen LogP) is 3.25. The molecule has 1 saturated heterocycles. The lowest BCUT2D eigenvalue weighted by Crippen LogP contribution is -2.53. The second-order valence-corrected chi connectivity index (χ2v) is 7.79. The Kier molecular flexibility index (Phi) is 6.28. The molecule has 3 rings (SSSR count). The van der Waals surface area contributed by atoms with Gasteiger partial charge in [0.1, 0.15) is 5.82 Å². The summed E-state index contributed by atoms with van der Waals surface area (Å²) < 4.78 is 40.1. The Morgan fingerprint density at radius 1 is 1.23 bits per heavy atom. The number of piperazine rings is 1. The van der Waals surface area contributed by atoms with Crippen molar-refractivity contribution < 1.29 is 18.0 Å². The molecule has 30 heavy (non-hydrogen) atoms. The second-order valence-electron chi connectivity index (χ2n) is 7.38. The van der Waals surface area contributed by atoms with Gasteiger partial charge in [0.2, 0.25) is 5.91 Å². The number of hydrogen-bond acceptors (Lipinski definition) is 5. The van der Waals surface area contributed by atoms with E-state index in [9.17, 15) is 18.0 Å². The van der Waals surface area contributed by atoms with Crippen molar-refractivity contribution in [1.29, 1.82) is 0 Å². The molecule has 1 aliphatic rings. The molecular weight excluding hydrogens is 421 g/mol. The first kappa shape index (κ1) is 22.4. The van der Waals surface area contributed by atoms with E-state index >= 15 is 0 Å². The topological polar surface area (TPSA) is 66.3 Å². The molecule has 7 nitrogen and oxygen atoms in total. The van der Waals surface area contributed by atoms with Gasteiger partial charge in [-0.3, -0.25) is 14.4 Å². The van der Waals surface area contributed by atoms with E-state index in [1.54, 1.807) is 4.68 Å². The third-order valence-corrected chi connectivity index (χ3v) is 5.73. The lowest BCUT2D eigenvalue weighted by atomic mass is 10.2. The van der Waals surface area contributed by atoms with Crippen LogP contribution in [0.1, 0.15) is 23.9 Å². The van der Waals surface area contributed by atoms with Crippen LogP contribution in [0.5, 0.6) is 0 Å². The highest BCUT2D eigenvalue weighted by molar-refractivity contribution is 6.33. The van der Waals surface area contributed by atoms with Gasteiger partial charge in [0.15, 0.2) is 0 Å². The molecule has 1 atom stereocenters. The zero-order valence-electron chi connectivity index (χ0n) is 17.2. The van der Waals surface area contributed by atoms with E-state index < -0.39 is 11.7 Å². The number of nitrogens with one attached hydrogen (secondary N) is 1. The molecule has 1 N–H and O–H groups in total. The highest BCUT2D eigenvalue weighted by Crippen LogP contribution is 2.33. The average molecular weight is 445 g/mol. The van der Waals surface area contributed by atoms with Crippen molar-refractivity contribution in [1.82, 2.24) is 19.7 Å². The molecule has 164 valence electrons. The molecule has 3 heterocycles. The molecule has 2 aromatic rings. The first-order valence-corrected chi connectivity index (χ1v) is 9.89. The summed E-state index contributed by atoms with van der Waals surface area (Å²) in [5.74, 6) is 0.191. The normalized spacial score (nSPS) is 16.6. The van der Waals surface area contributed by atoms with Crippen molar-refractivity contribution in [2.75, 3.05) is 36.4 Å². The van der Waals surface area contributed by atoms with Crippen LogP contribution in [0.3, 0.4) is 0 Å².